The number of carbonyl (C=O) groups excluding carboxylic acids is 1. The van der Waals surface area contributed by atoms with E-state index in [1.54, 1.807) is 11.8 Å². The Hall–Kier alpha value is -2.54. The van der Waals surface area contributed by atoms with Crippen LogP contribution in [0.15, 0.2) is 33.6 Å². The predicted octanol–water partition coefficient (Wildman–Crippen LogP) is 3.82. The molecule has 0 spiro atoms. The predicted molar refractivity (Wildman–Crippen MR) is 106 cm³/mol. The molecule has 0 saturated carbocycles. The Morgan fingerprint density at radius 1 is 1.22 bits per heavy atom. The number of hydrogen-bond acceptors (Lipinski definition) is 6. The summed E-state index contributed by atoms with van der Waals surface area (Å²) in [7, 11) is 0. The van der Waals surface area contributed by atoms with Gasteiger partial charge in [0.05, 0.1) is 0 Å². The number of carbonyl (C=O) groups is 1. The van der Waals surface area contributed by atoms with Crippen molar-refractivity contribution in [2.75, 3.05) is 12.9 Å². The molecule has 7 heteroatoms. The highest BCUT2D eigenvalue weighted by Crippen LogP contribution is 2.30. The summed E-state index contributed by atoms with van der Waals surface area (Å²) < 4.78 is 11.4. The third-order valence-electron chi connectivity index (χ3n) is 4.35. The van der Waals surface area contributed by atoms with Crippen molar-refractivity contribution in [1.82, 2.24) is 15.3 Å². The highest BCUT2D eigenvalue weighted by molar-refractivity contribution is 7.98. The largest absolute Gasteiger partial charge is 0.467 e. The minimum Gasteiger partial charge on any atom is -0.467 e. The fourth-order valence-corrected chi connectivity index (χ4v) is 3.05. The van der Waals surface area contributed by atoms with Gasteiger partial charge in [-0.05, 0) is 37.8 Å². The van der Waals surface area contributed by atoms with Crippen LogP contribution in [0.3, 0.4) is 0 Å². The first-order valence-electron chi connectivity index (χ1n) is 8.80. The minimum absolute atomic E-state index is 0.109. The van der Waals surface area contributed by atoms with Gasteiger partial charge in [0, 0.05) is 23.4 Å². The minimum atomic E-state index is -0.202. The summed E-state index contributed by atoms with van der Waals surface area (Å²) >= 11 is 1.69. The van der Waals surface area contributed by atoms with E-state index in [1.807, 2.05) is 51.3 Å². The topological polar surface area (TPSA) is 77.2 Å². The number of nitrogens with one attached hydrogen (secondary N) is 1. The summed E-state index contributed by atoms with van der Waals surface area (Å²) in [6.45, 7) is 6.12. The van der Waals surface area contributed by atoms with Gasteiger partial charge in [0.2, 0.25) is 11.6 Å². The highest BCUT2D eigenvalue weighted by Gasteiger charge is 2.17. The second-order valence-corrected chi connectivity index (χ2v) is 7.06. The van der Waals surface area contributed by atoms with Crippen LogP contribution in [0.25, 0.3) is 11.1 Å². The summed E-state index contributed by atoms with van der Waals surface area (Å²) in [5.74, 6) is 1.59. The van der Waals surface area contributed by atoms with Crippen molar-refractivity contribution in [2.45, 2.75) is 38.6 Å². The highest BCUT2D eigenvalue weighted by atomic mass is 32.2. The average molecular weight is 385 g/mol. The Morgan fingerprint density at radius 3 is 2.63 bits per heavy atom. The molecule has 1 aromatic carbocycles. The number of thioether (sulfide) groups is 1. The molecule has 0 radical (unpaired) electrons. The number of nitrogens with zero attached hydrogens (tertiary/aromatic N) is 2. The van der Waals surface area contributed by atoms with Crippen LogP contribution in [-0.4, -0.2) is 28.7 Å². The Kier molecular flexibility index (Phi) is 6.01. The SMILES string of the molecule is CCc1nc(OCC(=O)NCc2ccc(SC)cc2)c2c(C)c(C)oc2n1. The van der Waals surface area contributed by atoms with Gasteiger partial charge in [0.25, 0.3) is 5.91 Å². The molecule has 0 aliphatic carbocycles. The molecule has 0 unspecified atom stereocenters. The van der Waals surface area contributed by atoms with Crippen molar-refractivity contribution in [3.8, 4) is 5.88 Å². The van der Waals surface area contributed by atoms with Crippen LogP contribution < -0.4 is 10.1 Å². The smallest absolute Gasteiger partial charge is 0.258 e. The molecule has 0 aliphatic rings. The van der Waals surface area contributed by atoms with Gasteiger partial charge < -0.3 is 14.5 Å². The van der Waals surface area contributed by atoms with Gasteiger partial charge in [-0.3, -0.25) is 4.79 Å². The van der Waals surface area contributed by atoms with E-state index in [0.29, 0.717) is 30.4 Å². The number of amides is 1. The molecule has 6 nitrogen and oxygen atoms in total. The van der Waals surface area contributed by atoms with Gasteiger partial charge in [0.15, 0.2) is 6.61 Å². The molecular weight excluding hydrogens is 362 g/mol. The Labute approximate surface area is 162 Å². The maximum Gasteiger partial charge on any atom is 0.258 e. The zero-order valence-corrected chi connectivity index (χ0v) is 16.8. The summed E-state index contributed by atoms with van der Waals surface area (Å²) in [5.41, 5.74) is 2.47. The van der Waals surface area contributed by atoms with Crippen LogP contribution in [0, 0.1) is 13.8 Å². The number of rotatable bonds is 7. The quantitative estimate of drug-likeness (QED) is 0.623. The van der Waals surface area contributed by atoms with E-state index in [2.05, 4.69) is 15.3 Å². The Morgan fingerprint density at radius 2 is 1.96 bits per heavy atom. The molecule has 142 valence electrons. The molecule has 2 aromatic heterocycles. The molecule has 0 saturated heterocycles. The number of fused-ring (bicyclic) bond motifs is 1. The Bertz CT molecular complexity index is 951. The van der Waals surface area contributed by atoms with Crippen molar-refractivity contribution in [1.29, 1.82) is 0 Å². The number of aromatic nitrogens is 2. The van der Waals surface area contributed by atoms with Crippen molar-refractivity contribution in [3.05, 3.63) is 47.0 Å². The van der Waals surface area contributed by atoms with Crippen molar-refractivity contribution >= 4 is 28.8 Å². The van der Waals surface area contributed by atoms with E-state index in [1.165, 1.54) is 4.90 Å². The standard InChI is InChI=1S/C20H23N3O3S/c1-5-16-22-19(18-12(2)13(3)26-20(18)23-16)25-11-17(24)21-10-14-6-8-15(27-4)9-7-14/h6-9H,5,10-11H2,1-4H3,(H,21,24). The lowest BCUT2D eigenvalue weighted by atomic mass is 10.2. The molecule has 0 aliphatic heterocycles. The van der Waals surface area contributed by atoms with Crippen LogP contribution in [0.5, 0.6) is 5.88 Å². The summed E-state index contributed by atoms with van der Waals surface area (Å²) in [5, 5.41) is 3.59. The molecule has 3 rings (SSSR count). The number of hydrogen-bond donors (Lipinski definition) is 1. The van der Waals surface area contributed by atoms with Crippen LogP contribution >= 0.6 is 11.8 Å². The monoisotopic (exact) mass is 385 g/mol. The van der Waals surface area contributed by atoms with Gasteiger partial charge in [-0.2, -0.15) is 9.97 Å². The fraction of sp³-hybridized carbons (Fsp3) is 0.350. The van der Waals surface area contributed by atoms with Crippen LogP contribution in [-0.2, 0) is 17.8 Å². The van der Waals surface area contributed by atoms with Gasteiger partial charge in [0.1, 0.15) is 17.0 Å². The third kappa shape index (κ3) is 4.42. The molecule has 1 amide bonds. The van der Waals surface area contributed by atoms with Gasteiger partial charge in [-0.1, -0.05) is 19.1 Å². The maximum absolute atomic E-state index is 12.2. The van der Waals surface area contributed by atoms with Gasteiger partial charge >= 0.3 is 0 Å². The molecule has 0 fully saturated rings. The van der Waals surface area contributed by atoms with Crippen LogP contribution in [0.2, 0.25) is 0 Å². The molecule has 0 atom stereocenters. The molecule has 27 heavy (non-hydrogen) atoms. The van der Waals surface area contributed by atoms with E-state index < -0.39 is 0 Å². The lowest BCUT2D eigenvalue weighted by Gasteiger charge is -2.09. The number of aryl methyl sites for hydroxylation is 3. The molecule has 1 N–H and O–H groups in total. The lowest BCUT2D eigenvalue weighted by molar-refractivity contribution is -0.123. The number of furan rings is 1. The molecular formula is C20H23N3O3S. The van der Waals surface area contributed by atoms with Crippen LogP contribution in [0.4, 0.5) is 0 Å². The second kappa shape index (κ2) is 8.43. The van der Waals surface area contributed by atoms with Gasteiger partial charge in [-0.25, -0.2) is 0 Å². The molecule has 2 heterocycles. The zero-order valence-electron chi connectivity index (χ0n) is 16.0. The average Bonchev–Trinajstić information content (AvgIpc) is 2.98. The first-order chi connectivity index (χ1) is 13.0. The van der Waals surface area contributed by atoms with Crippen molar-refractivity contribution < 1.29 is 13.9 Å². The van der Waals surface area contributed by atoms with E-state index in [-0.39, 0.29) is 12.5 Å². The summed E-state index contributed by atoms with van der Waals surface area (Å²) in [6.07, 6.45) is 2.69. The first kappa shape index (κ1) is 19.2. The van der Waals surface area contributed by atoms with Crippen molar-refractivity contribution in [3.63, 3.8) is 0 Å². The Balaban J connectivity index is 1.65. The first-order valence-corrected chi connectivity index (χ1v) is 10.0. The van der Waals surface area contributed by atoms with E-state index in [0.717, 1.165) is 22.3 Å². The van der Waals surface area contributed by atoms with Crippen LogP contribution in [0.1, 0.15) is 29.6 Å². The normalized spacial score (nSPS) is 11.0. The fourth-order valence-electron chi connectivity index (χ4n) is 2.65. The van der Waals surface area contributed by atoms with E-state index in [4.69, 9.17) is 9.15 Å². The third-order valence-corrected chi connectivity index (χ3v) is 5.09. The summed E-state index contributed by atoms with van der Waals surface area (Å²) in [4.78, 5) is 22.2. The molecule has 0 bridgehead atoms. The lowest BCUT2D eigenvalue weighted by Crippen LogP contribution is -2.28. The zero-order chi connectivity index (χ0) is 19.4. The number of benzene rings is 1. The van der Waals surface area contributed by atoms with E-state index >= 15 is 0 Å². The maximum atomic E-state index is 12.2. The number of ether oxygens (including phenoxy) is 1. The second-order valence-electron chi connectivity index (χ2n) is 6.18. The van der Waals surface area contributed by atoms with Gasteiger partial charge in [-0.15, -0.1) is 11.8 Å². The van der Waals surface area contributed by atoms with E-state index in [9.17, 15) is 4.79 Å². The summed E-state index contributed by atoms with van der Waals surface area (Å²) in [6, 6.07) is 8.09. The molecule has 3 aromatic rings. The van der Waals surface area contributed by atoms with Crippen molar-refractivity contribution in [2.24, 2.45) is 0 Å².